The molecule has 0 aliphatic carbocycles. The van der Waals surface area contributed by atoms with Crippen molar-refractivity contribution in [1.82, 2.24) is 0 Å². The van der Waals surface area contributed by atoms with Crippen LogP contribution in [0.15, 0.2) is 42.5 Å². The molecule has 2 aromatic rings. The molecule has 0 spiro atoms. The first-order chi connectivity index (χ1) is 10.9. The van der Waals surface area contributed by atoms with Gasteiger partial charge in [0, 0.05) is 18.6 Å². The van der Waals surface area contributed by atoms with Crippen LogP contribution in [0.3, 0.4) is 0 Å². The van der Waals surface area contributed by atoms with Crippen molar-refractivity contribution in [3.05, 3.63) is 63.7 Å². The van der Waals surface area contributed by atoms with E-state index < -0.39 is 16.8 Å². The Morgan fingerprint density at radius 2 is 1.87 bits per heavy atom. The summed E-state index contributed by atoms with van der Waals surface area (Å²) in [6, 6.07) is 10.5. The summed E-state index contributed by atoms with van der Waals surface area (Å²) < 4.78 is 4.92. The lowest BCUT2D eigenvalue weighted by atomic mass is 10.1. The minimum absolute atomic E-state index is 0.0727. The molecule has 0 saturated heterocycles. The van der Waals surface area contributed by atoms with Gasteiger partial charge in [-0.3, -0.25) is 19.7 Å². The highest BCUT2D eigenvalue weighted by molar-refractivity contribution is 6.05. The molecule has 118 valence electrons. The number of nitro groups is 1. The topological polar surface area (TPSA) is 98.5 Å². The Bertz CT molecular complexity index is 786. The second-order valence-electron chi connectivity index (χ2n) is 4.78. The lowest BCUT2D eigenvalue weighted by Gasteiger charge is -2.09. The molecule has 0 aromatic heterocycles. The average Bonchev–Trinajstić information content (AvgIpc) is 2.48. The molecule has 2 aromatic carbocycles. The summed E-state index contributed by atoms with van der Waals surface area (Å²) in [6.07, 6.45) is 0. The van der Waals surface area contributed by atoms with E-state index in [1.165, 1.54) is 25.1 Å². The van der Waals surface area contributed by atoms with Crippen molar-refractivity contribution in [3.63, 3.8) is 0 Å². The third-order valence-electron chi connectivity index (χ3n) is 3.11. The zero-order valence-corrected chi connectivity index (χ0v) is 12.5. The van der Waals surface area contributed by atoms with Crippen LogP contribution in [0.5, 0.6) is 5.75 Å². The number of benzene rings is 2. The van der Waals surface area contributed by atoms with Crippen molar-refractivity contribution in [2.45, 2.75) is 13.8 Å². The maximum Gasteiger partial charge on any atom is 0.308 e. The van der Waals surface area contributed by atoms with E-state index in [0.29, 0.717) is 11.3 Å². The standard InChI is InChI=1S/C16H14N2O5/c1-10-14(7-4-8-15(10)18(21)22)17-16(20)12-5-3-6-13(9-12)23-11(2)19/h3-9H,1-2H3,(H,17,20). The number of carbonyl (C=O) groups is 2. The molecule has 0 aliphatic heterocycles. The van der Waals surface area contributed by atoms with Gasteiger partial charge in [0.25, 0.3) is 11.6 Å². The highest BCUT2D eigenvalue weighted by atomic mass is 16.6. The lowest BCUT2D eigenvalue weighted by molar-refractivity contribution is -0.385. The molecule has 0 aliphatic rings. The van der Waals surface area contributed by atoms with Crippen LogP contribution in [0.2, 0.25) is 0 Å². The van der Waals surface area contributed by atoms with E-state index >= 15 is 0 Å². The average molecular weight is 314 g/mol. The summed E-state index contributed by atoms with van der Waals surface area (Å²) in [4.78, 5) is 33.6. The highest BCUT2D eigenvalue weighted by Gasteiger charge is 2.15. The van der Waals surface area contributed by atoms with Crippen LogP contribution in [0, 0.1) is 17.0 Å². The van der Waals surface area contributed by atoms with E-state index in [1.54, 1.807) is 31.2 Å². The van der Waals surface area contributed by atoms with Crippen LogP contribution in [-0.4, -0.2) is 16.8 Å². The van der Waals surface area contributed by atoms with Crippen molar-refractivity contribution in [2.24, 2.45) is 0 Å². The number of amides is 1. The van der Waals surface area contributed by atoms with Crippen molar-refractivity contribution in [3.8, 4) is 5.75 Å². The van der Waals surface area contributed by atoms with Gasteiger partial charge in [-0.05, 0) is 31.2 Å². The van der Waals surface area contributed by atoms with Gasteiger partial charge >= 0.3 is 5.97 Å². The van der Waals surface area contributed by atoms with Gasteiger partial charge < -0.3 is 10.1 Å². The van der Waals surface area contributed by atoms with Crippen molar-refractivity contribution in [1.29, 1.82) is 0 Å². The van der Waals surface area contributed by atoms with E-state index in [-0.39, 0.29) is 17.0 Å². The van der Waals surface area contributed by atoms with Crippen molar-refractivity contribution >= 4 is 23.3 Å². The van der Waals surface area contributed by atoms with Crippen LogP contribution >= 0.6 is 0 Å². The maximum atomic E-state index is 12.3. The number of hydrogen-bond acceptors (Lipinski definition) is 5. The van der Waals surface area contributed by atoms with Crippen LogP contribution in [0.4, 0.5) is 11.4 Å². The largest absolute Gasteiger partial charge is 0.427 e. The Hall–Kier alpha value is -3.22. The first-order valence-corrected chi connectivity index (χ1v) is 6.72. The summed E-state index contributed by atoms with van der Waals surface area (Å²) in [5, 5.41) is 13.5. The zero-order valence-electron chi connectivity index (χ0n) is 12.5. The summed E-state index contributed by atoms with van der Waals surface area (Å²) >= 11 is 0. The Kier molecular flexibility index (Phi) is 4.70. The van der Waals surface area contributed by atoms with Gasteiger partial charge in [0.1, 0.15) is 5.75 Å². The lowest BCUT2D eigenvalue weighted by Crippen LogP contribution is -2.13. The van der Waals surface area contributed by atoms with E-state index in [1.807, 2.05) is 0 Å². The maximum absolute atomic E-state index is 12.3. The fourth-order valence-corrected chi connectivity index (χ4v) is 2.02. The monoisotopic (exact) mass is 314 g/mol. The van der Waals surface area contributed by atoms with E-state index in [0.717, 1.165) is 0 Å². The third-order valence-corrected chi connectivity index (χ3v) is 3.11. The molecule has 23 heavy (non-hydrogen) atoms. The Balaban J connectivity index is 2.24. The number of nitrogens with one attached hydrogen (secondary N) is 1. The Labute approximate surface area is 132 Å². The summed E-state index contributed by atoms with van der Waals surface area (Å²) in [6.45, 7) is 2.82. The Morgan fingerprint density at radius 1 is 1.17 bits per heavy atom. The molecule has 2 rings (SSSR count). The van der Waals surface area contributed by atoms with Crippen molar-refractivity contribution < 1.29 is 19.2 Å². The molecule has 0 fully saturated rings. The molecule has 1 N–H and O–H groups in total. The molecular weight excluding hydrogens is 300 g/mol. The molecule has 7 heteroatoms. The van der Waals surface area contributed by atoms with E-state index in [4.69, 9.17) is 4.74 Å². The molecule has 0 bridgehead atoms. The number of ether oxygens (including phenoxy) is 1. The number of nitro benzene ring substituents is 1. The minimum Gasteiger partial charge on any atom is -0.427 e. The van der Waals surface area contributed by atoms with E-state index in [2.05, 4.69) is 5.32 Å². The number of esters is 1. The summed E-state index contributed by atoms with van der Waals surface area (Å²) in [7, 11) is 0. The summed E-state index contributed by atoms with van der Waals surface area (Å²) in [5.41, 5.74) is 0.912. The second kappa shape index (κ2) is 6.69. The van der Waals surface area contributed by atoms with E-state index in [9.17, 15) is 19.7 Å². The zero-order chi connectivity index (χ0) is 17.0. The minimum atomic E-state index is -0.508. The van der Waals surface area contributed by atoms with Gasteiger partial charge in [-0.15, -0.1) is 0 Å². The molecule has 0 atom stereocenters. The molecule has 1 amide bonds. The van der Waals surface area contributed by atoms with Crippen molar-refractivity contribution in [2.75, 3.05) is 5.32 Å². The van der Waals surface area contributed by atoms with Crippen LogP contribution < -0.4 is 10.1 Å². The highest BCUT2D eigenvalue weighted by Crippen LogP contribution is 2.25. The number of anilines is 1. The molecule has 0 unspecified atom stereocenters. The van der Waals surface area contributed by atoms with Crippen LogP contribution in [0.1, 0.15) is 22.8 Å². The molecule has 0 radical (unpaired) electrons. The van der Waals surface area contributed by atoms with Gasteiger partial charge in [-0.2, -0.15) is 0 Å². The van der Waals surface area contributed by atoms with Gasteiger partial charge in [-0.1, -0.05) is 12.1 Å². The number of nitrogens with zero attached hydrogens (tertiary/aromatic N) is 1. The van der Waals surface area contributed by atoms with Gasteiger partial charge in [0.05, 0.1) is 16.2 Å². The SMILES string of the molecule is CC(=O)Oc1cccc(C(=O)Nc2cccc([N+](=O)[O-])c2C)c1. The fourth-order valence-electron chi connectivity index (χ4n) is 2.02. The normalized spacial score (nSPS) is 10.0. The molecule has 7 nitrogen and oxygen atoms in total. The number of carbonyl (C=O) groups excluding carboxylic acids is 2. The van der Waals surface area contributed by atoms with Crippen LogP contribution in [-0.2, 0) is 4.79 Å². The number of rotatable bonds is 4. The first kappa shape index (κ1) is 16.2. The van der Waals surface area contributed by atoms with Gasteiger partial charge in [0.2, 0.25) is 0 Å². The molecular formula is C16H14N2O5. The first-order valence-electron chi connectivity index (χ1n) is 6.72. The predicted molar refractivity (Wildman–Crippen MR) is 83.5 cm³/mol. The Morgan fingerprint density at radius 3 is 2.52 bits per heavy atom. The quantitative estimate of drug-likeness (QED) is 0.404. The van der Waals surface area contributed by atoms with Gasteiger partial charge in [0.15, 0.2) is 0 Å². The van der Waals surface area contributed by atoms with Crippen LogP contribution in [0.25, 0.3) is 0 Å². The smallest absolute Gasteiger partial charge is 0.308 e. The van der Waals surface area contributed by atoms with Gasteiger partial charge in [-0.25, -0.2) is 0 Å². The third kappa shape index (κ3) is 3.91. The predicted octanol–water partition coefficient (Wildman–Crippen LogP) is 3.08. The molecule has 0 saturated carbocycles. The molecule has 0 heterocycles. The fraction of sp³-hybridized carbons (Fsp3) is 0.125. The number of hydrogen-bond donors (Lipinski definition) is 1. The second-order valence-corrected chi connectivity index (χ2v) is 4.78. The summed E-state index contributed by atoms with van der Waals surface area (Å²) in [5.74, 6) is -0.694.